The van der Waals surface area contributed by atoms with Crippen molar-refractivity contribution in [2.45, 2.75) is 108 Å². The lowest BCUT2D eigenvalue weighted by molar-refractivity contribution is -0.198. The number of hydrogen-bond donors (Lipinski definition) is 6. The normalized spacial score (nSPS) is 34.0. The van der Waals surface area contributed by atoms with Crippen LogP contribution in [0.3, 0.4) is 0 Å². The van der Waals surface area contributed by atoms with Gasteiger partial charge in [-0.1, -0.05) is 51.0 Å². The van der Waals surface area contributed by atoms with Crippen LogP contribution in [0.5, 0.6) is 5.75 Å². The minimum Gasteiger partial charge on any atom is -0.508 e. The number of esters is 1. The summed E-state index contributed by atoms with van der Waals surface area (Å²) in [4.78, 5) is 54.4. The molecule has 6 N–H and O–H groups in total. The number of rotatable bonds is 15. The number of thiocarbonyl (C=S) groups is 1. The Morgan fingerprint density at radius 2 is 1.75 bits per heavy atom. The lowest BCUT2D eigenvalue weighted by atomic mass is 9.42. The number of allylic oxidation sites excluding steroid dienone is 1. The summed E-state index contributed by atoms with van der Waals surface area (Å²) in [6, 6.07) is 4.99. The number of Topliss-reactive ketones (excluding diaryl/α,β-unsaturated/α-hetero) is 1. The molecule has 292 valence electrons. The van der Waals surface area contributed by atoms with Gasteiger partial charge >= 0.3 is 11.9 Å². The number of fused-ring (bicyclic) bond motifs is 5. The topological polar surface area (TPSA) is 194 Å². The molecule has 3 fully saturated rings. The monoisotopic (exact) mass is 756 g/mol. The van der Waals surface area contributed by atoms with Crippen molar-refractivity contribution in [2.24, 2.45) is 34.5 Å². The van der Waals surface area contributed by atoms with Gasteiger partial charge in [0.15, 0.2) is 5.78 Å². The van der Waals surface area contributed by atoms with E-state index < -0.39 is 64.9 Å². The zero-order chi connectivity index (χ0) is 38.9. The molecule has 13 heteroatoms. The van der Waals surface area contributed by atoms with E-state index in [1.54, 1.807) is 12.1 Å². The summed E-state index contributed by atoms with van der Waals surface area (Å²) in [5, 5.41) is 56.9. The zero-order valence-electron chi connectivity index (χ0n) is 31.3. The fraction of sp³-hybridized carbons (Fsp3) is 0.675. The van der Waals surface area contributed by atoms with Crippen LogP contribution in [0.1, 0.15) is 83.6 Å². The minimum absolute atomic E-state index is 0.103. The van der Waals surface area contributed by atoms with E-state index in [4.69, 9.17) is 17.0 Å². The minimum atomic E-state index is -1.82. The van der Waals surface area contributed by atoms with Crippen molar-refractivity contribution in [2.75, 3.05) is 27.3 Å². The van der Waals surface area contributed by atoms with Crippen LogP contribution in [0.25, 0.3) is 0 Å². The molecule has 4 aliphatic rings. The van der Waals surface area contributed by atoms with Gasteiger partial charge in [-0.05, 0) is 111 Å². The number of ether oxygens (including phenoxy) is 1. The van der Waals surface area contributed by atoms with Crippen molar-refractivity contribution in [3.05, 3.63) is 41.5 Å². The Balaban J connectivity index is 1.28. The predicted molar refractivity (Wildman–Crippen MR) is 200 cm³/mol. The van der Waals surface area contributed by atoms with Gasteiger partial charge in [0.05, 0.1) is 19.1 Å². The number of benzene rings is 1. The molecule has 0 aliphatic heterocycles. The second-order valence-corrected chi connectivity index (χ2v) is 16.9. The van der Waals surface area contributed by atoms with Crippen LogP contribution in [0, 0.1) is 34.5 Å². The van der Waals surface area contributed by atoms with E-state index in [2.05, 4.69) is 10.2 Å². The van der Waals surface area contributed by atoms with Crippen LogP contribution in [0.15, 0.2) is 35.9 Å². The molecule has 0 saturated heterocycles. The molecule has 1 aromatic carbocycles. The molecule has 0 bridgehead atoms. The van der Waals surface area contributed by atoms with Gasteiger partial charge in [-0.3, -0.25) is 14.4 Å². The molecule has 4 unspecified atom stereocenters. The number of nitrogens with zero attached hydrogens (tertiary/aromatic N) is 1. The number of carbonyl (C=O) groups excluding carboxylic acids is 3. The van der Waals surface area contributed by atoms with Crippen molar-refractivity contribution < 1.29 is 49.4 Å². The second-order valence-electron chi connectivity index (χ2n) is 16.3. The average molecular weight is 757 g/mol. The molecule has 0 heterocycles. The third-order valence-electron chi connectivity index (χ3n) is 13.4. The number of methoxy groups -OCH3 is 1. The first-order valence-corrected chi connectivity index (χ1v) is 19.3. The quantitative estimate of drug-likeness (QED) is 0.0870. The van der Waals surface area contributed by atoms with Crippen molar-refractivity contribution in [1.82, 2.24) is 10.2 Å². The number of amides is 1. The fourth-order valence-corrected chi connectivity index (χ4v) is 11.0. The van der Waals surface area contributed by atoms with Gasteiger partial charge in [0, 0.05) is 29.2 Å². The number of nitrogens with one attached hydrogen (secondary N) is 1. The summed E-state index contributed by atoms with van der Waals surface area (Å²) in [7, 11) is 3.18. The number of hydrogen-bond acceptors (Lipinski definition) is 11. The number of carboxylic acids is 1. The predicted octanol–water partition coefficient (Wildman–Crippen LogP) is 3.36. The molecule has 1 aromatic rings. The Labute approximate surface area is 317 Å². The summed E-state index contributed by atoms with van der Waals surface area (Å²) in [5.41, 5.74) is -2.00. The van der Waals surface area contributed by atoms with Crippen LogP contribution >= 0.6 is 12.2 Å². The zero-order valence-corrected chi connectivity index (χ0v) is 32.1. The molecule has 5 rings (SSSR count). The number of phenolic OH excluding ortho intramolecular Hbond substituents is 1. The first kappa shape index (κ1) is 40.9. The number of aliphatic carboxylic acids is 1. The highest BCUT2D eigenvalue weighted by Crippen LogP contribution is 2.69. The number of carbonyl (C=O) groups is 4. The molecule has 4 aliphatic carbocycles. The van der Waals surface area contributed by atoms with Gasteiger partial charge in [-0.2, -0.15) is 0 Å². The first-order valence-electron chi connectivity index (χ1n) is 18.9. The van der Waals surface area contributed by atoms with Crippen LogP contribution in [-0.4, -0.2) is 110 Å². The van der Waals surface area contributed by atoms with Gasteiger partial charge in [0.25, 0.3) is 0 Å². The number of carboxylic acid groups (broad SMARTS) is 1. The number of ketones is 1. The summed E-state index contributed by atoms with van der Waals surface area (Å²) in [6.45, 7) is 3.62. The maximum Gasteiger partial charge on any atom is 0.328 e. The Morgan fingerprint density at radius 1 is 1.08 bits per heavy atom. The van der Waals surface area contributed by atoms with Gasteiger partial charge in [-0.15, -0.1) is 0 Å². The lowest BCUT2D eigenvalue weighted by Gasteiger charge is -2.65. The largest absolute Gasteiger partial charge is 0.508 e. The maximum atomic E-state index is 13.3. The molecule has 3 saturated carbocycles. The van der Waals surface area contributed by atoms with E-state index in [-0.39, 0.29) is 55.1 Å². The fourth-order valence-electron chi connectivity index (χ4n) is 10.8. The molecule has 53 heavy (non-hydrogen) atoms. The number of unbranched alkanes of at least 4 members (excludes halogenated alkanes) is 3. The van der Waals surface area contributed by atoms with Crippen molar-refractivity contribution >= 4 is 40.7 Å². The van der Waals surface area contributed by atoms with Crippen LogP contribution in [0.4, 0.5) is 0 Å². The number of aromatic hydroxyl groups is 1. The molecular weight excluding hydrogens is 701 g/mol. The van der Waals surface area contributed by atoms with Crippen molar-refractivity contribution in [3.8, 4) is 5.75 Å². The van der Waals surface area contributed by atoms with Gasteiger partial charge < -0.3 is 40.5 Å². The molecule has 12 nitrogen and oxygen atoms in total. The second kappa shape index (κ2) is 16.2. The number of aliphatic hydroxyl groups excluding tert-OH is 2. The van der Waals surface area contributed by atoms with E-state index in [1.807, 2.05) is 27.0 Å². The summed E-state index contributed by atoms with van der Waals surface area (Å²) in [6.07, 6.45) is 6.22. The average Bonchev–Trinajstić information content (AvgIpc) is 3.39. The highest BCUT2D eigenvalue weighted by molar-refractivity contribution is 7.80. The standard InChI is InChI=1S/C40H56N2O10S/c1-38-16-14-25(53)20-27(38)33(36(48)49)35(32-26-15-17-40(51,30(46)22-43)39(26,2)21-29(45)34(32)38)42(3)18-8-6-5-7-9-31(47)41-28(37(50)52-4)19-23-10-12-24(44)13-11-23/h10-13,20,26,28-29,32-35,43-45,51H,5-9,14-19,21-22H2,1-4H3,(H,41,47)(H,48,49)/t26?,28-,29-,32?,33+,34?,35?,38-,39-,40-/m0/s1. The van der Waals surface area contributed by atoms with E-state index in [9.17, 15) is 44.7 Å². The summed E-state index contributed by atoms with van der Waals surface area (Å²) >= 11 is 5.61. The highest BCUT2D eigenvalue weighted by Gasteiger charge is 2.71. The summed E-state index contributed by atoms with van der Waals surface area (Å²) < 4.78 is 4.89. The third kappa shape index (κ3) is 7.69. The van der Waals surface area contributed by atoms with Crippen LogP contribution in [0.2, 0.25) is 0 Å². The van der Waals surface area contributed by atoms with Crippen molar-refractivity contribution in [3.63, 3.8) is 0 Å². The smallest absolute Gasteiger partial charge is 0.328 e. The molecule has 0 aromatic heterocycles. The molecule has 1 amide bonds. The SMILES string of the molecule is COC(=O)[C@H](Cc1ccc(O)cc1)NC(=O)CCCCCCN(C)C1C2C([C@@H](O)C[C@@]3(C)C2CC[C@]3(O)C(=O)CO)[C@@]2(C)CCC(=S)C=C2[C@H]1C(=O)O. The van der Waals surface area contributed by atoms with E-state index >= 15 is 0 Å². The molecule has 10 atom stereocenters. The number of aliphatic hydroxyl groups is 3. The Morgan fingerprint density at radius 3 is 2.40 bits per heavy atom. The molecule has 0 spiro atoms. The Hall–Kier alpha value is -3.23. The van der Waals surface area contributed by atoms with Crippen LogP contribution < -0.4 is 5.32 Å². The lowest BCUT2D eigenvalue weighted by Crippen LogP contribution is -2.69. The Bertz CT molecular complexity index is 1600. The number of phenols is 1. The van der Waals surface area contributed by atoms with Crippen molar-refractivity contribution in [1.29, 1.82) is 0 Å². The summed E-state index contributed by atoms with van der Waals surface area (Å²) in [5.74, 6) is -4.19. The van der Waals surface area contributed by atoms with Gasteiger partial charge in [0.1, 0.15) is 24.0 Å². The Kier molecular flexibility index (Phi) is 12.5. The van der Waals surface area contributed by atoms with E-state index in [0.717, 1.165) is 30.4 Å². The highest BCUT2D eigenvalue weighted by atomic mass is 32.1. The maximum absolute atomic E-state index is 13.3. The van der Waals surface area contributed by atoms with Crippen LogP contribution in [-0.2, 0) is 30.3 Å². The van der Waals surface area contributed by atoms with E-state index in [0.29, 0.717) is 37.1 Å². The first-order chi connectivity index (χ1) is 25.0. The van der Waals surface area contributed by atoms with E-state index in [1.165, 1.54) is 19.2 Å². The third-order valence-corrected chi connectivity index (χ3v) is 13.7. The molecular formula is C40H56N2O10S. The van der Waals surface area contributed by atoms with Gasteiger partial charge in [0.2, 0.25) is 5.91 Å². The molecule has 0 radical (unpaired) electrons. The van der Waals surface area contributed by atoms with Gasteiger partial charge in [-0.25, -0.2) is 4.79 Å².